The Hall–Kier alpha value is -2.14. The third kappa shape index (κ3) is 2.04. The number of fused-ring (bicyclic) bond motifs is 2. The molecule has 2 fully saturated rings. The number of nitrogens with zero attached hydrogens (tertiary/aromatic N) is 1. The smallest absolute Gasteiger partial charge is 0.253 e. The Bertz CT molecular complexity index is 748. The van der Waals surface area contributed by atoms with Crippen LogP contribution in [-0.4, -0.2) is 30.5 Å². The van der Waals surface area contributed by atoms with Crippen LogP contribution in [0.15, 0.2) is 24.4 Å². The normalized spacial score (nSPS) is 26.0. The van der Waals surface area contributed by atoms with Gasteiger partial charge in [0.05, 0.1) is 11.1 Å². The van der Waals surface area contributed by atoms with Gasteiger partial charge >= 0.3 is 0 Å². The molecule has 1 saturated carbocycles. The monoisotopic (exact) mass is 296 g/mol. The molecular formula is C17H20N4O. The van der Waals surface area contributed by atoms with Crippen molar-refractivity contribution >= 4 is 22.5 Å². The molecule has 114 valence electrons. The molecule has 0 spiro atoms. The largest absolute Gasteiger partial charge is 0.398 e. The van der Waals surface area contributed by atoms with E-state index in [-0.39, 0.29) is 5.91 Å². The van der Waals surface area contributed by atoms with E-state index in [9.17, 15) is 4.79 Å². The lowest BCUT2D eigenvalue weighted by Crippen LogP contribution is -2.29. The minimum absolute atomic E-state index is 0.0512. The average Bonchev–Trinajstić information content (AvgIpc) is 2.96. The van der Waals surface area contributed by atoms with E-state index < -0.39 is 0 Å². The maximum absolute atomic E-state index is 12.6. The van der Waals surface area contributed by atoms with Gasteiger partial charge in [-0.3, -0.25) is 9.78 Å². The van der Waals surface area contributed by atoms with Gasteiger partial charge in [-0.15, -0.1) is 0 Å². The minimum Gasteiger partial charge on any atom is -0.398 e. The zero-order valence-corrected chi connectivity index (χ0v) is 12.6. The topological polar surface area (TPSA) is 80.0 Å². The third-order valence-electron chi connectivity index (χ3n) is 5.15. The highest BCUT2D eigenvalue weighted by atomic mass is 16.1. The summed E-state index contributed by atoms with van der Waals surface area (Å²) in [7, 11) is 0. The first-order valence-electron chi connectivity index (χ1n) is 7.79. The molecule has 1 saturated heterocycles. The highest BCUT2D eigenvalue weighted by Crippen LogP contribution is 2.48. The van der Waals surface area contributed by atoms with Crippen LogP contribution in [0.25, 0.3) is 10.9 Å². The van der Waals surface area contributed by atoms with Crippen molar-refractivity contribution < 1.29 is 4.79 Å². The van der Waals surface area contributed by atoms with Crippen molar-refractivity contribution in [1.29, 1.82) is 0 Å². The van der Waals surface area contributed by atoms with Gasteiger partial charge in [0, 0.05) is 23.8 Å². The van der Waals surface area contributed by atoms with E-state index >= 15 is 0 Å². The van der Waals surface area contributed by atoms with E-state index in [1.54, 1.807) is 6.20 Å². The molecule has 4 rings (SSSR count). The zero-order chi connectivity index (χ0) is 15.3. The van der Waals surface area contributed by atoms with E-state index in [0.717, 1.165) is 42.4 Å². The molecular weight excluding hydrogens is 276 g/mol. The van der Waals surface area contributed by atoms with Crippen LogP contribution in [0.5, 0.6) is 0 Å². The second-order valence-corrected chi connectivity index (χ2v) is 6.41. The number of nitrogens with one attached hydrogen (secondary N) is 2. The molecule has 2 aliphatic rings. The number of benzene rings is 1. The summed E-state index contributed by atoms with van der Waals surface area (Å²) >= 11 is 0. The lowest BCUT2D eigenvalue weighted by Gasteiger charge is -2.12. The first-order chi connectivity index (χ1) is 10.7. The predicted octanol–water partition coefficient (Wildman–Crippen LogP) is 1.32. The highest BCUT2D eigenvalue weighted by molar-refractivity contribution is 6.09. The molecule has 4 N–H and O–H groups in total. The van der Waals surface area contributed by atoms with Crippen molar-refractivity contribution in [2.24, 2.45) is 17.8 Å². The Morgan fingerprint density at radius 3 is 3.00 bits per heavy atom. The molecule has 2 unspecified atom stereocenters. The summed E-state index contributed by atoms with van der Waals surface area (Å²) in [6.07, 6.45) is 1.70. The first-order valence-corrected chi connectivity index (χ1v) is 7.79. The van der Waals surface area contributed by atoms with Gasteiger partial charge in [-0.05, 0) is 61.5 Å². The number of rotatable bonds is 3. The summed E-state index contributed by atoms with van der Waals surface area (Å²) in [5.74, 6) is 2.09. The van der Waals surface area contributed by atoms with Gasteiger partial charge < -0.3 is 16.4 Å². The van der Waals surface area contributed by atoms with Crippen molar-refractivity contribution in [2.45, 2.75) is 6.92 Å². The van der Waals surface area contributed by atoms with Crippen LogP contribution in [-0.2, 0) is 0 Å². The number of nitrogens with two attached hydrogens (primary N) is 1. The molecule has 5 heteroatoms. The summed E-state index contributed by atoms with van der Waals surface area (Å²) < 4.78 is 0. The SMILES string of the molecule is Cc1cc(C(=O)NCC2C3CNCC32)c2ncccc2c1N. The number of anilines is 1. The van der Waals surface area contributed by atoms with Crippen molar-refractivity contribution in [3.63, 3.8) is 0 Å². The van der Waals surface area contributed by atoms with Crippen LogP contribution in [0.1, 0.15) is 15.9 Å². The number of hydrogen-bond donors (Lipinski definition) is 3. The van der Waals surface area contributed by atoms with Crippen LogP contribution in [0, 0.1) is 24.7 Å². The maximum atomic E-state index is 12.6. The van der Waals surface area contributed by atoms with Crippen LogP contribution < -0.4 is 16.4 Å². The van der Waals surface area contributed by atoms with Crippen LogP contribution in [0.2, 0.25) is 0 Å². The number of nitrogen functional groups attached to an aromatic ring is 1. The molecule has 5 nitrogen and oxygen atoms in total. The Labute approximate surface area is 129 Å². The van der Waals surface area contributed by atoms with Gasteiger partial charge in [-0.1, -0.05) is 0 Å². The second-order valence-electron chi connectivity index (χ2n) is 6.41. The molecule has 1 amide bonds. The summed E-state index contributed by atoms with van der Waals surface area (Å²) in [6.45, 7) is 4.87. The van der Waals surface area contributed by atoms with Crippen LogP contribution in [0.3, 0.4) is 0 Å². The van der Waals surface area contributed by atoms with E-state index in [1.807, 2.05) is 25.1 Å². The number of amides is 1. The van der Waals surface area contributed by atoms with E-state index in [0.29, 0.717) is 22.7 Å². The predicted molar refractivity (Wildman–Crippen MR) is 86.6 cm³/mol. The third-order valence-corrected chi connectivity index (χ3v) is 5.15. The zero-order valence-electron chi connectivity index (χ0n) is 12.6. The van der Waals surface area contributed by atoms with Gasteiger partial charge in [-0.25, -0.2) is 0 Å². The van der Waals surface area contributed by atoms with Gasteiger partial charge in [0.15, 0.2) is 0 Å². The summed E-state index contributed by atoms with van der Waals surface area (Å²) in [5, 5.41) is 7.30. The Morgan fingerprint density at radius 2 is 2.23 bits per heavy atom. The number of carbonyl (C=O) groups is 1. The number of pyridine rings is 1. The number of carbonyl (C=O) groups excluding carboxylic acids is 1. The van der Waals surface area contributed by atoms with Gasteiger partial charge in [0.25, 0.3) is 5.91 Å². The molecule has 0 bridgehead atoms. The molecule has 22 heavy (non-hydrogen) atoms. The van der Waals surface area contributed by atoms with Crippen molar-refractivity contribution in [1.82, 2.24) is 15.6 Å². The second kappa shape index (κ2) is 4.95. The minimum atomic E-state index is -0.0512. The first kappa shape index (κ1) is 13.5. The number of piperidine rings is 1. The molecule has 0 radical (unpaired) electrons. The number of aromatic nitrogens is 1. The van der Waals surface area contributed by atoms with Gasteiger partial charge in [0.2, 0.25) is 0 Å². The van der Waals surface area contributed by atoms with Crippen LogP contribution >= 0.6 is 0 Å². The fraction of sp³-hybridized carbons (Fsp3) is 0.412. The fourth-order valence-electron chi connectivity index (χ4n) is 3.74. The van der Waals surface area contributed by atoms with Gasteiger partial charge in [-0.2, -0.15) is 0 Å². The van der Waals surface area contributed by atoms with E-state index in [1.165, 1.54) is 0 Å². The molecule has 1 aromatic carbocycles. The Kier molecular flexibility index (Phi) is 3.04. The Morgan fingerprint density at radius 1 is 1.45 bits per heavy atom. The summed E-state index contributed by atoms with van der Waals surface area (Å²) in [6, 6.07) is 5.60. The molecule has 1 aliphatic heterocycles. The van der Waals surface area contributed by atoms with Gasteiger partial charge in [0.1, 0.15) is 0 Å². The lowest BCUT2D eigenvalue weighted by atomic mass is 10.0. The molecule has 2 aromatic rings. The highest BCUT2D eigenvalue weighted by Gasteiger charge is 2.52. The lowest BCUT2D eigenvalue weighted by molar-refractivity contribution is 0.0952. The number of hydrogen-bond acceptors (Lipinski definition) is 4. The Balaban J connectivity index is 1.57. The maximum Gasteiger partial charge on any atom is 0.253 e. The molecule has 2 atom stereocenters. The average molecular weight is 296 g/mol. The number of aryl methyl sites for hydroxylation is 1. The van der Waals surface area contributed by atoms with Crippen molar-refractivity contribution in [3.05, 3.63) is 35.5 Å². The summed E-state index contributed by atoms with van der Waals surface area (Å²) in [4.78, 5) is 16.9. The molecule has 2 heterocycles. The van der Waals surface area contributed by atoms with Crippen molar-refractivity contribution in [2.75, 3.05) is 25.4 Å². The molecule has 1 aliphatic carbocycles. The van der Waals surface area contributed by atoms with Crippen LogP contribution in [0.4, 0.5) is 5.69 Å². The molecule has 1 aromatic heterocycles. The van der Waals surface area contributed by atoms with E-state index in [2.05, 4.69) is 15.6 Å². The quantitative estimate of drug-likeness (QED) is 0.746. The standard InChI is InChI=1S/C17H20N4O/c1-9-5-11(16-10(15(9)18)3-2-4-20-16)17(22)21-8-14-12-6-19-7-13(12)14/h2-5,12-14,19H,6-8,18H2,1H3,(H,21,22). The van der Waals surface area contributed by atoms with E-state index in [4.69, 9.17) is 5.73 Å². The summed E-state index contributed by atoms with van der Waals surface area (Å²) in [5.41, 5.74) is 9.01. The van der Waals surface area contributed by atoms with Crippen molar-refractivity contribution in [3.8, 4) is 0 Å². The fourth-order valence-corrected chi connectivity index (χ4v) is 3.74.